The summed E-state index contributed by atoms with van der Waals surface area (Å²) in [5.41, 5.74) is -0.118. The van der Waals surface area contributed by atoms with Crippen molar-refractivity contribution in [2.45, 2.75) is 44.4 Å². The minimum Gasteiger partial charge on any atom is -0.445 e. The topological polar surface area (TPSA) is 105 Å². The molecule has 0 aliphatic heterocycles. The van der Waals surface area contributed by atoms with Gasteiger partial charge in [0.05, 0.1) is 11.6 Å². The van der Waals surface area contributed by atoms with Gasteiger partial charge < -0.3 is 15.2 Å². The van der Waals surface area contributed by atoms with Crippen molar-refractivity contribution < 1.29 is 23.1 Å². The number of benzene rings is 1. The largest absolute Gasteiger partial charge is 0.445 e. The van der Waals surface area contributed by atoms with Crippen LogP contribution in [0.3, 0.4) is 0 Å². The van der Waals surface area contributed by atoms with Crippen molar-refractivity contribution in [3.63, 3.8) is 0 Å². The highest BCUT2D eigenvalue weighted by Crippen LogP contribution is 2.32. The van der Waals surface area contributed by atoms with Crippen LogP contribution in [0.25, 0.3) is 0 Å². The molecule has 1 aromatic rings. The van der Waals surface area contributed by atoms with E-state index < -0.39 is 23.3 Å². The zero-order valence-corrected chi connectivity index (χ0v) is 15.5. The zero-order chi connectivity index (χ0) is 18.7. The smallest absolute Gasteiger partial charge is 0.407 e. The maximum atomic E-state index is 12.0. The average molecular weight is 391 g/mol. The van der Waals surface area contributed by atoms with Gasteiger partial charge in [0, 0.05) is 6.54 Å². The lowest BCUT2D eigenvalue weighted by atomic mass is 9.75. The molecule has 0 heterocycles. The summed E-state index contributed by atoms with van der Waals surface area (Å²) in [6.45, 7) is 2.55. The van der Waals surface area contributed by atoms with Crippen molar-refractivity contribution in [1.82, 2.24) is 10.2 Å². The second-order valence-corrected chi connectivity index (χ2v) is 6.52. The highest BCUT2D eigenvalue weighted by molar-refractivity contribution is 7.51. The van der Waals surface area contributed by atoms with Crippen LogP contribution in [0.1, 0.15) is 31.7 Å². The number of rotatable bonds is 5. The molecule has 7 nitrogen and oxygen atoms in total. The highest BCUT2D eigenvalue weighted by atomic mass is 35.5. The lowest BCUT2D eigenvalue weighted by Crippen LogP contribution is -2.59. The van der Waals surface area contributed by atoms with E-state index in [1.54, 1.807) is 0 Å². The molecule has 140 valence electrons. The van der Waals surface area contributed by atoms with Crippen LogP contribution < -0.4 is 10.2 Å². The first kappa shape index (κ1) is 21.6. The molecule has 25 heavy (non-hydrogen) atoms. The van der Waals surface area contributed by atoms with Crippen molar-refractivity contribution in [3.8, 4) is 0 Å². The Morgan fingerprint density at radius 2 is 2.04 bits per heavy atom. The van der Waals surface area contributed by atoms with Crippen molar-refractivity contribution in [3.05, 3.63) is 35.9 Å². The Balaban J connectivity index is 0.000000970. The molecule has 1 aliphatic rings. The Morgan fingerprint density at radius 3 is 2.64 bits per heavy atom. The molecular formula is C16H23ClN2O5S. The van der Waals surface area contributed by atoms with Crippen molar-refractivity contribution in [2.24, 2.45) is 5.92 Å². The van der Waals surface area contributed by atoms with Crippen LogP contribution >= 0.6 is 11.8 Å². The van der Waals surface area contributed by atoms with Crippen LogP contribution in [0.5, 0.6) is 0 Å². The fourth-order valence-corrected chi connectivity index (χ4v) is 3.07. The standard InChI is InChI=1S/C16H23ClN2O3.O2S/c1-12-7-8-16(21,11-18-17)14(9-12)19-15(20)22-10-13-5-3-2-4-6-13;1-3-2/h2-6,12,14,18,21H,7-11H2,1H3,(H,19,20);/t12-,14-,16-;/m1./s1. The SMILES string of the molecule is C[C@@H]1CC[C@@](O)(CNCl)[C@H](NC(=O)OCc2ccccc2)C1.O=S=O. The molecule has 0 spiro atoms. The summed E-state index contributed by atoms with van der Waals surface area (Å²) in [5, 5.41) is 13.5. The normalized spacial score (nSPS) is 25.2. The number of carbonyl (C=O) groups excluding carboxylic acids is 1. The Hall–Kier alpha value is -1.48. The van der Waals surface area contributed by atoms with Gasteiger partial charge in [0.25, 0.3) is 0 Å². The Labute approximate surface area is 155 Å². The van der Waals surface area contributed by atoms with E-state index in [9.17, 15) is 9.90 Å². The van der Waals surface area contributed by atoms with E-state index in [1.165, 1.54) is 0 Å². The number of hydrogen-bond acceptors (Lipinski definition) is 6. The fraction of sp³-hybridized carbons (Fsp3) is 0.562. The Bertz CT molecular complexity index is 571. The van der Waals surface area contributed by atoms with Crippen LogP contribution in [0.2, 0.25) is 0 Å². The minimum atomic E-state index is -1.04. The predicted molar refractivity (Wildman–Crippen MR) is 94.3 cm³/mol. The third kappa shape index (κ3) is 7.52. The number of alkyl carbamates (subject to hydrolysis) is 1. The van der Waals surface area contributed by atoms with Gasteiger partial charge in [-0.25, -0.2) is 9.63 Å². The molecule has 0 unspecified atom stereocenters. The average Bonchev–Trinajstić information content (AvgIpc) is 2.59. The van der Waals surface area contributed by atoms with Gasteiger partial charge in [-0.1, -0.05) is 37.3 Å². The summed E-state index contributed by atoms with van der Waals surface area (Å²) in [6, 6.07) is 9.11. The Kier molecular flexibility index (Phi) is 9.66. The zero-order valence-electron chi connectivity index (χ0n) is 13.9. The van der Waals surface area contributed by atoms with E-state index in [1.807, 2.05) is 30.3 Å². The molecule has 1 fully saturated rings. The highest BCUT2D eigenvalue weighted by Gasteiger charge is 2.41. The second-order valence-electron chi connectivity index (χ2n) is 6.12. The number of nitrogens with one attached hydrogen (secondary N) is 2. The quantitative estimate of drug-likeness (QED) is 0.663. The van der Waals surface area contributed by atoms with Gasteiger partial charge >= 0.3 is 17.7 Å². The van der Waals surface area contributed by atoms with E-state index in [4.69, 9.17) is 24.9 Å². The van der Waals surface area contributed by atoms with Gasteiger partial charge in [-0.2, -0.15) is 8.42 Å². The molecule has 3 N–H and O–H groups in total. The lowest BCUT2D eigenvalue weighted by molar-refractivity contribution is -0.0326. The van der Waals surface area contributed by atoms with Crippen LogP contribution in [0.4, 0.5) is 4.79 Å². The van der Waals surface area contributed by atoms with Gasteiger partial charge in [0.2, 0.25) is 0 Å². The minimum absolute atomic E-state index is 0.209. The number of hydrogen-bond donors (Lipinski definition) is 3. The van der Waals surface area contributed by atoms with Gasteiger partial charge in [-0.15, -0.1) is 0 Å². The summed E-state index contributed by atoms with van der Waals surface area (Å²) in [6.07, 6.45) is 1.69. The summed E-state index contributed by atoms with van der Waals surface area (Å²) in [5.74, 6) is 0.440. The van der Waals surface area contributed by atoms with Crippen molar-refractivity contribution >= 4 is 29.4 Å². The van der Waals surface area contributed by atoms with Gasteiger partial charge in [-0.3, -0.25) is 0 Å². The number of halogens is 1. The fourth-order valence-electron chi connectivity index (χ4n) is 2.84. The summed E-state index contributed by atoms with van der Waals surface area (Å²) >= 11 is 4.80. The molecule has 2 rings (SSSR count). The van der Waals surface area contributed by atoms with Crippen LogP contribution in [-0.4, -0.2) is 37.8 Å². The number of amides is 1. The summed E-state index contributed by atoms with van der Waals surface area (Å²) in [7, 11) is 0. The molecule has 0 radical (unpaired) electrons. The second kappa shape index (κ2) is 11.2. The maximum absolute atomic E-state index is 12.0. The van der Waals surface area contributed by atoms with Crippen molar-refractivity contribution in [1.29, 1.82) is 0 Å². The van der Waals surface area contributed by atoms with Crippen LogP contribution in [-0.2, 0) is 22.9 Å². The monoisotopic (exact) mass is 390 g/mol. The van der Waals surface area contributed by atoms with Crippen molar-refractivity contribution in [2.75, 3.05) is 6.54 Å². The third-order valence-electron chi connectivity index (χ3n) is 4.23. The molecule has 1 saturated carbocycles. The van der Waals surface area contributed by atoms with E-state index in [0.29, 0.717) is 18.8 Å². The van der Waals surface area contributed by atoms with Crippen LogP contribution in [0.15, 0.2) is 30.3 Å². The first-order chi connectivity index (χ1) is 11.9. The lowest BCUT2D eigenvalue weighted by Gasteiger charge is -2.42. The third-order valence-corrected chi connectivity index (χ3v) is 4.37. The van der Waals surface area contributed by atoms with E-state index in [-0.39, 0.29) is 19.2 Å². The van der Waals surface area contributed by atoms with E-state index in [0.717, 1.165) is 12.0 Å². The Morgan fingerprint density at radius 1 is 1.40 bits per heavy atom. The molecule has 0 aromatic heterocycles. The maximum Gasteiger partial charge on any atom is 0.407 e. The molecular weight excluding hydrogens is 368 g/mol. The predicted octanol–water partition coefficient (Wildman–Crippen LogP) is 1.91. The van der Waals surface area contributed by atoms with E-state index in [2.05, 4.69) is 17.1 Å². The van der Waals surface area contributed by atoms with E-state index >= 15 is 0 Å². The van der Waals surface area contributed by atoms with Gasteiger partial charge in [-0.05, 0) is 42.5 Å². The molecule has 1 aromatic carbocycles. The molecule has 0 saturated heterocycles. The number of carbonyl (C=O) groups is 1. The number of aliphatic hydroxyl groups is 1. The van der Waals surface area contributed by atoms with Gasteiger partial charge in [0.1, 0.15) is 6.61 Å². The van der Waals surface area contributed by atoms with Gasteiger partial charge in [0.15, 0.2) is 0 Å². The summed E-state index contributed by atoms with van der Waals surface area (Å²) in [4.78, 5) is 14.5. The molecule has 0 bridgehead atoms. The summed E-state index contributed by atoms with van der Waals surface area (Å²) < 4.78 is 21.8. The van der Waals surface area contributed by atoms with Crippen LogP contribution in [0, 0.1) is 5.92 Å². The molecule has 9 heteroatoms. The molecule has 3 atom stereocenters. The molecule has 1 amide bonds. The first-order valence-corrected chi connectivity index (χ1v) is 8.94. The molecule has 1 aliphatic carbocycles. The number of ether oxygens (including phenoxy) is 1. The first-order valence-electron chi connectivity index (χ1n) is 7.90.